The van der Waals surface area contributed by atoms with Crippen LogP contribution in [0.2, 0.25) is 0 Å². The van der Waals surface area contributed by atoms with Gasteiger partial charge in [-0.05, 0) is 49.2 Å². The van der Waals surface area contributed by atoms with Crippen LogP contribution in [-0.4, -0.2) is 36.8 Å². The molecule has 2 aromatic carbocycles. The average molecular weight is 348 g/mol. The summed E-state index contributed by atoms with van der Waals surface area (Å²) in [6.45, 7) is 0.895. The number of aliphatic hydroxyl groups is 1. The van der Waals surface area contributed by atoms with Crippen LogP contribution in [-0.2, 0) is 0 Å². The third-order valence-corrected chi connectivity index (χ3v) is 5.33. The van der Waals surface area contributed by atoms with Crippen molar-refractivity contribution < 1.29 is 5.11 Å². The van der Waals surface area contributed by atoms with Gasteiger partial charge in [0, 0.05) is 12.5 Å². The van der Waals surface area contributed by atoms with Crippen molar-refractivity contribution in [1.29, 1.82) is 0 Å². The molecule has 1 N–H and O–H groups in total. The number of nitrogens with zero attached hydrogens (tertiary/aromatic N) is 1. The van der Waals surface area contributed by atoms with Crippen molar-refractivity contribution in [2.24, 2.45) is 5.92 Å². The monoisotopic (exact) mass is 347 g/mol. The summed E-state index contributed by atoms with van der Waals surface area (Å²) in [7, 11) is 4.21. The second-order valence-electron chi connectivity index (χ2n) is 7.33. The van der Waals surface area contributed by atoms with Gasteiger partial charge in [0.15, 0.2) is 0 Å². The molecule has 3 rings (SSSR count). The Labute approximate surface area is 152 Å². The van der Waals surface area contributed by atoms with Gasteiger partial charge >= 0.3 is 0 Å². The number of benzene rings is 2. The van der Waals surface area contributed by atoms with Gasteiger partial charge in [-0.15, -0.1) is 12.4 Å². The van der Waals surface area contributed by atoms with E-state index < -0.39 is 0 Å². The Balaban J connectivity index is 0.00000208. The van der Waals surface area contributed by atoms with Crippen LogP contribution in [0.5, 0.6) is 0 Å². The Kier molecular flexibility index (Phi) is 7.09. The predicted molar refractivity (Wildman–Crippen MR) is 105 cm³/mol. The normalized spacial score (nSPS) is 18.3. The van der Waals surface area contributed by atoms with Gasteiger partial charge in [-0.1, -0.05) is 61.7 Å². The van der Waals surface area contributed by atoms with Crippen molar-refractivity contribution in [3.8, 4) is 0 Å². The van der Waals surface area contributed by atoms with Crippen LogP contribution in [0.25, 0.3) is 10.8 Å². The van der Waals surface area contributed by atoms with Crippen LogP contribution in [0, 0.1) is 5.92 Å². The first-order chi connectivity index (χ1) is 11.2. The third kappa shape index (κ3) is 4.30. The van der Waals surface area contributed by atoms with Gasteiger partial charge in [-0.2, -0.15) is 0 Å². The van der Waals surface area contributed by atoms with E-state index in [1.165, 1.54) is 48.4 Å². The van der Waals surface area contributed by atoms with Crippen molar-refractivity contribution in [1.82, 2.24) is 4.90 Å². The molecular formula is C21H30ClNO. The molecule has 132 valence electrons. The minimum atomic E-state index is -0.247. The lowest BCUT2D eigenvalue weighted by Crippen LogP contribution is -2.35. The Morgan fingerprint density at radius 1 is 1.00 bits per heavy atom. The molecule has 0 saturated heterocycles. The molecule has 0 aromatic heterocycles. The highest BCUT2D eigenvalue weighted by atomic mass is 35.5. The van der Waals surface area contributed by atoms with E-state index in [4.69, 9.17) is 0 Å². The fourth-order valence-corrected chi connectivity index (χ4v) is 4.16. The first-order valence-electron chi connectivity index (χ1n) is 8.97. The number of aliphatic hydroxyl groups excluding tert-OH is 1. The summed E-state index contributed by atoms with van der Waals surface area (Å²) < 4.78 is 0. The third-order valence-electron chi connectivity index (χ3n) is 5.33. The molecule has 0 aliphatic heterocycles. The van der Waals surface area contributed by atoms with Crippen LogP contribution >= 0.6 is 12.4 Å². The highest BCUT2D eigenvalue weighted by molar-refractivity contribution is 5.86. The molecule has 2 aromatic rings. The molecule has 1 saturated carbocycles. The van der Waals surface area contributed by atoms with Crippen LogP contribution in [0.1, 0.15) is 43.6 Å². The van der Waals surface area contributed by atoms with Gasteiger partial charge in [-0.25, -0.2) is 0 Å². The van der Waals surface area contributed by atoms with Crippen LogP contribution in [0.15, 0.2) is 42.5 Å². The quantitative estimate of drug-likeness (QED) is 0.835. The van der Waals surface area contributed by atoms with E-state index in [1.807, 2.05) is 0 Å². The smallest absolute Gasteiger partial charge is 0.0649 e. The molecule has 0 amide bonds. The van der Waals surface area contributed by atoms with E-state index in [2.05, 4.69) is 61.5 Å². The molecule has 2 atom stereocenters. The predicted octanol–water partition coefficient (Wildman–Crippen LogP) is 4.85. The molecule has 1 aliphatic rings. The van der Waals surface area contributed by atoms with Crippen molar-refractivity contribution in [3.05, 3.63) is 48.0 Å². The summed E-state index contributed by atoms with van der Waals surface area (Å²) >= 11 is 0. The fourth-order valence-electron chi connectivity index (χ4n) is 4.16. The minimum Gasteiger partial charge on any atom is -0.392 e. The fraction of sp³-hybridized carbons (Fsp3) is 0.524. The lowest BCUT2D eigenvalue weighted by atomic mass is 9.77. The van der Waals surface area contributed by atoms with E-state index in [0.29, 0.717) is 5.92 Å². The van der Waals surface area contributed by atoms with Gasteiger partial charge in [0.25, 0.3) is 0 Å². The Hall–Kier alpha value is -1.09. The lowest BCUT2D eigenvalue weighted by Gasteiger charge is -2.34. The SMILES string of the molecule is CN(C)CC(c1cccc2ccccc12)C(O)C1CCCCC1.Cl. The zero-order chi connectivity index (χ0) is 16.2. The summed E-state index contributed by atoms with van der Waals surface area (Å²) in [5, 5.41) is 13.7. The summed E-state index contributed by atoms with van der Waals surface area (Å²) in [5.41, 5.74) is 1.30. The molecular weight excluding hydrogens is 318 g/mol. The maximum Gasteiger partial charge on any atom is 0.0649 e. The highest BCUT2D eigenvalue weighted by Gasteiger charge is 2.31. The summed E-state index contributed by atoms with van der Waals surface area (Å²) in [6.07, 6.45) is 5.97. The van der Waals surface area contributed by atoms with Crippen molar-refractivity contribution in [3.63, 3.8) is 0 Å². The van der Waals surface area contributed by atoms with E-state index in [0.717, 1.165) is 6.54 Å². The zero-order valence-electron chi connectivity index (χ0n) is 14.8. The molecule has 0 heterocycles. The minimum absolute atomic E-state index is 0. The Morgan fingerprint density at radius 2 is 1.67 bits per heavy atom. The second-order valence-corrected chi connectivity index (χ2v) is 7.33. The lowest BCUT2D eigenvalue weighted by molar-refractivity contribution is 0.0524. The van der Waals surface area contributed by atoms with Crippen molar-refractivity contribution in [2.45, 2.75) is 44.1 Å². The van der Waals surface area contributed by atoms with Gasteiger partial charge in [0.2, 0.25) is 0 Å². The topological polar surface area (TPSA) is 23.5 Å². The number of likely N-dealkylation sites (N-methyl/N-ethyl adjacent to an activating group) is 1. The van der Waals surface area contributed by atoms with Crippen LogP contribution < -0.4 is 0 Å². The number of halogens is 1. The number of hydrogen-bond acceptors (Lipinski definition) is 2. The molecule has 2 unspecified atom stereocenters. The number of fused-ring (bicyclic) bond motifs is 1. The Bertz CT molecular complexity index is 631. The van der Waals surface area contributed by atoms with Crippen molar-refractivity contribution in [2.75, 3.05) is 20.6 Å². The first kappa shape index (κ1) is 19.2. The molecule has 24 heavy (non-hydrogen) atoms. The van der Waals surface area contributed by atoms with Gasteiger partial charge in [0.05, 0.1) is 6.10 Å². The largest absolute Gasteiger partial charge is 0.392 e. The van der Waals surface area contributed by atoms with Crippen LogP contribution in [0.4, 0.5) is 0 Å². The van der Waals surface area contributed by atoms with Gasteiger partial charge in [0.1, 0.15) is 0 Å². The molecule has 1 aliphatic carbocycles. The second kappa shape index (κ2) is 8.84. The zero-order valence-corrected chi connectivity index (χ0v) is 15.6. The van der Waals surface area contributed by atoms with Crippen LogP contribution in [0.3, 0.4) is 0 Å². The van der Waals surface area contributed by atoms with E-state index in [-0.39, 0.29) is 24.4 Å². The maximum absolute atomic E-state index is 11.2. The van der Waals surface area contributed by atoms with E-state index in [9.17, 15) is 5.11 Å². The molecule has 0 spiro atoms. The number of rotatable bonds is 5. The molecule has 3 heteroatoms. The van der Waals surface area contributed by atoms with Gasteiger partial charge < -0.3 is 10.0 Å². The summed E-state index contributed by atoms with van der Waals surface area (Å²) in [6, 6.07) is 15.1. The Morgan fingerprint density at radius 3 is 2.38 bits per heavy atom. The standard InChI is InChI=1S/C21H29NO.ClH/c1-22(2)15-20(21(23)17-10-4-3-5-11-17)19-14-8-12-16-9-6-7-13-18(16)19;/h6-9,12-14,17,20-21,23H,3-5,10-11,15H2,1-2H3;1H. The maximum atomic E-state index is 11.2. The summed E-state index contributed by atoms with van der Waals surface area (Å²) in [4.78, 5) is 2.21. The number of hydrogen-bond donors (Lipinski definition) is 1. The molecule has 1 fully saturated rings. The molecule has 2 nitrogen and oxygen atoms in total. The average Bonchev–Trinajstić information content (AvgIpc) is 2.59. The highest BCUT2D eigenvalue weighted by Crippen LogP contribution is 2.36. The van der Waals surface area contributed by atoms with E-state index in [1.54, 1.807) is 0 Å². The first-order valence-corrected chi connectivity index (χ1v) is 8.97. The van der Waals surface area contributed by atoms with Gasteiger partial charge in [-0.3, -0.25) is 0 Å². The molecule has 0 radical (unpaired) electrons. The molecule has 0 bridgehead atoms. The van der Waals surface area contributed by atoms with E-state index >= 15 is 0 Å². The van der Waals surface area contributed by atoms with Crippen molar-refractivity contribution >= 4 is 23.2 Å². The summed E-state index contributed by atoms with van der Waals surface area (Å²) in [5.74, 6) is 0.631.